The normalized spacial score (nSPS) is 21.0. The van der Waals surface area contributed by atoms with Crippen LogP contribution in [0.4, 0.5) is 11.4 Å². The monoisotopic (exact) mass is 330 g/mol. The van der Waals surface area contributed by atoms with Gasteiger partial charge in [-0.15, -0.1) is 0 Å². The fourth-order valence-electron chi connectivity index (χ4n) is 2.09. The Labute approximate surface area is 131 Å². The number of carbonyl (C=O) groups excluding carboxylic acids is 1. The number of nitrogens with two attached hydrogens (primary N) is 1. The summed E-state index contributed by atoms with van der Waals surface area (Å²) < 4.78 is 17.6. The maximum absolute atomic E-state index is 12.2. The van der Waals surface area contributed by atoms with Gasteiger partial charge in [-0.2, -0.15) is 0 Å². The quantitative estimate of drug-likeness (QED) is 0.811. The number of halogens is 1. The van der Waals surface area contributed by atoms with Gasteiger partial charge in [0.1, 0.15) is 5.25 Å². The summed E-state index contributed by atoms with van der Waals surface area (Å²) in [6, 6.07) is 4.84. The molecule has 0 saturated carbocycles. The predicted octanol–water partition coefficient (Wildman–Crippen LogP) is 2.18. The van der Waals surface area contributed by atoms with Gasteiger partial charge in [-0.25, -0.2) is 0 Å². The summed E-state index contributed by atoms with van der Waals surface area (Å²) >= 11 is 6.00. The van der Waals surface area contributed by atoms with Crippen LogP contribution in [0, 0.1) is 0 Å². The Morgan fingerprint density at radius 2 is 2.38 bits per heavy atom. The molecule has 5 nitrogen and oxygen atoms in total. The van der Waals surface area contributed by atoms with Crippen LogP contribution in [0.2, 0.25) is 5.02 Å². The highest BCUT2D eigenvalue weighted by atomic mass is 35.5. The molecule has 0 aromatic heterocycles. The zero-order valence-electron chi connectivity index (χ0n) is 11.8. The Hall–Kier alpha value is -1.11. The number of hydrogen-bond donors (Lipinski definition) is 2. The van der Waals surface area contributed by atoms with Gasteiger partial charge in [0.05, 0.1) is 22.6 Å². The summed E-state index contributed by atoms with van der Waals surface area (Å²) in [7, 11) is -1.27. The van der Waals surface area contributed by atoms with Crippen LogP contribution in [-0.4, -0.2) is 33.8 Å². The van der Waals surface area contributed by atoms with Gasteiger partial charge >= 0.3 is 0 Å². The molecule has 1 amide bonds. The van der Waals surface area contributed by atoms with Crippen molar-refractivity contribution in [3.63, 3.8) is 0 Å². The predicted molar refractivity (Wildman–Crippen MR) is 85.9 cm³/mol. The standard InChI is InChI=1S/C14H19ClN2O3S/c1-9(21(19)8-11-3-2-6-20-11)14(18)17-13-5-4-10(16)7-12(13)15/h4-5,7,9,11H,2-3,6,8,16H2,1H3,(H,17,18). The Balaban J connectivity index is 1.93. The Morgan fingerprint density at radius 1 is 1.62 bits per heavy atom. The van der Waals surface area contributed by atoms with E-state index in [-0.39, 0.29) is 12.0 Å². The molecule has 1 aromatic rings. The molecule has 116 valence electrons. The van der Waals surface area contributed by atoms with Crippen molar-refractivity contribution in [3.8, 4) is 0 Å². The lowest BCUT2D eigenvalue weighted by Crippen LogP contribution is -2.33. The van der Waals surface area contributed by atoms with Crippen molar-refractivity contribution >= 4 is 39.7 Å². The minimum atomic E-state index is -1.27. The van der Waals surface area contributed by atoms with E-state index >= 15 is 0 Å². The zero-order chi connectivity index (χ0) is 15.4. The minimum Gasteiger partial charge on any atom is -0.399 e. The van der Waals surface area contributed by atoms with Crippen molar-refractivity contribution in [2.75, 3.05) is 23.4 Å². The van der Waals surface area contributed by atoms with Crippen LogP contribution in [0.25, 0.3) is 0 Å². The molecule has 1 fully saturated rings. The number of rotatable bonds is 5. The molecule has 0 bridgehead atoms. The molecule has 1 heterocycles. The van der Waals surface area contributed by atoms with E-state index in [0.717, 1.165) is 12.8 Å². The molecule has 21 heavy (non-hydrogen) atoms. The highest BCUT2D eigenvalue weighted by Gasteiger charge is 2.25. The van der Waals surface area contributed by atoms with Crippen LogP contribution < -0.4 is 11.1 Å². The van der Waals surface area contributed by atoms with Crippen molar-refractivity contribution in [3.05, 3.63) is 23.2 Å². The van der Waals surface area contributed by atoms with E-state index in [1.807, 2.05) is 0 Å². The molecule has 1 aliphatic heterocycles. The zero-order valence-corrected chi connectivity index (χ0v) is 13.4. The van der Waals surface area contributed by atoms with Gasteiger partial charge in [-0.05, 0) is 38.0 Å². The van der Waals surface area contributed by atoms with Crippen LogP contribution in [0.3, 0.4) is 0 Å². The number of anilines is 2. The van der Waals surface area contributed by atoms with E-state index < -0.39 is 16.0 Å². The topological polar surface area (TPSA) is 81.4 Å². The highest BCUT2D eigenvalue weighted by Crippen LogP contribution is 2.24. The summed E-state index contributed by atoms with van der Waals surface area (Å²) in [4.78, 5) is 12.1. The first kappa shape index (κ1) is 16.3. The summed E-state index contributed by atoms with van der Waals surface area (Å²) in [6.45, 7) is 2.36. The van der Waals surface area contributed by atoms with Gasteiger partial charge in [0.15, 0.2) is 0 Å². The molecule has 0 spiro atoms. The van der Waals surface area contributed by atoms with E-state index in [4.69, 9.17) is 22.1 Å². The maximum Gasteiger partial charge on any atom is 0.239 e. The van der Waals surface area contributed by atoms with Gasteiger partial charge in [0.25, 0.3) is 0 Å². The van der Waals surface area contributed by atoms with E-state index in [1.54, 1.807) is 25.1 Å². The lowest BCUT2D eigenvalue weighted by molar-refractivity contribution is -0.115. The second-order valence-electron chi connectivity index (χ2n) is 5.05. The number of carbonyl (C=O) groups is 1. The molecule has 2 rings (SSSR count). The first-order chi connectivity index (χ1) is 9.97. The number of ether oxygens (including phenoxy) is 1. The van der Waals surface area contributed by atoms with Crippen molar-refractivity contribution in [1.29, 1.82) is 0 Å². The van der Waals surface area contributed by atoms with Gasteiger partial charge < -0.3 is 15.8 Å². The van der Waals surface area contributed by atoms with E-state index in [0.29, 0.717) is 28.8 Å². The fourth-order valence-corrected chi connectivity index (χ4v) is 3.54. The highest BCUT2D eigenvalue weighted by molar-refractivity contribution is 7.86. The van der Waals surface area contributed by atoms with Crippen LogP contribution in [0.5, 0.6) is 0 Å². The molecule has 1 aliphatic rings. The van der Waals surface area contributed by atoms with Crippen molar-refractivity contribution in [1.82, 2.24) is 0 Å². The second-order valence-corrected chi connectivity index (χ2v) is 7.26. The van der Waals surface area contributed by atoms with Gasteiger partial charge in [0, 0.05) is 23.1 Å². The van der Waals surface area contributed by atoms with E-state index in [9.17, 15) is 9.00 Å². The Kier molecular flexibility index (Phi) is 5.61. The summed E-state index contributed by atoms with van der Waals surface area (Å²) in [6.07, 6.45) is 1.90. The number of hydrogen-bond acceptors (Lipinski definition) is 4. The number of nitrogen functional groups attached to an aromatic ring is 1. The van der Waals surface area contributed by atoms with Crippen molar-refractivity contribution in [2.24, 2.45) is 0 Å². The maximum atomic E-state index is 12.2. The van der Waals surface area contributed by atoms with Crippen LogP contribution in [0.15, 0.2) is 18.2 Å². The first-order valence-corrected chi connectivity index (χ1v) is 8.58. The number of amides is 1. The molecular formula is C14H19ClN2O3S. The second kappa shape index (κ2) is 7.24. The molecule has 7 heteroatoms. The Morgan fingerprint density at radius 3 is 3.00 bits per heavy atom. The summed E-state index contributed by atoms with van der Waals surface area (Å²) in [5, 5.41) is 2.42. The average molecular weight is 331 g/mol. The minimum absolute atomic E-state index is 0.00111. The van der Waals surface area contributed by atoms with Crippen LogP contribution >= 0.6 is 11.6 Å². The molecule has 3 N–H and O–H groups in total. The van der Waals surface area contributed by atoms with Crippen LogP contribution in [0.1, 0.15) is 19.8 Å². The Bertz CT molecular complexity index is 547. The van der Waals surface area contributed by atoms with Gasteiger partial charge in [0.2, 0.25) is 5.91 Å². The summed E-state index contributed by atoms with van der Waals surface area (Å²) in [5.41, 5.74) is 6.59. The number of nitrogens with one attached hydrogen (secondary N) is 1. The van der Waals surface area contributed by atoms with E-state index in [1.165, 1.54) is 0 Å². The number of benzene rings is 1. The van der Waals surface area contributed by atoms with Gasteiger partial charge in [-0.1, -0.05) is 11.6 Å². The third-order valence-corrected chi connectivity index (χ3v) is 5.40. The molecule has 0 radical (unpaired) electrons. The SMILES string of the molecule is CC(C(=O)Nc1ccc(N)cc1Cl)S(=O)CC1CCCO1. The lowest BCUT2D eigenvalue weighted by atomic mass is 10.2. The molecular weight excluding hydrogens is 312 g/mol. The molecule has 1 aromatic carbocycles. The fraction of sp³-hybridized carbons (Fsp3) is 0.500. The summed E-state index contributed by atoms with van der Waals surface area (Å²) in [5.74, 6) is 0.0716. The smallest absolute Gasteiger partial charge is 0.239 e. The molecule has 3 atom stereocenters. The van der Waals surface area contributed by atoms with Crippen molar-refractivity contribution < 1.29 is 13.7 Å². The average Bonchev–Trinajstić information content (AvgIpc) is 2.93. The van der Waals surface area contributed by atoms with E-state index in [2.05, 4.69) is 5.32 Å². The largest absolute Gasteiger partial charge is 0.399 e. The molecule has 0 aliphatic carbocycles. The lowest BCUT2D eigenvalue weighted by Gasteiger charge is -2.15. The van der Waals surface area contributed by atoms with Gasteiger partial charge in [-0.3, -0.25) is 9.00 Å². The third-order valence-electron chi connectivity index (χ3n) is 3.39. The van der Waals surface area contributed by atoms with Crippen molar-refractivity contribution in [2.45, 2.75) is 31.1 Å². The third kappa shape index (κ3) is 4.43. The molecule has 3 unspecified atom stereocenters. The van der Waals surface area contributed by atoms with Crippen LogP contribution in [-0.2, 0) is 20.3 Å². The molecule has 1 saturated heterocycles. The first-order valence-electron chi connectivity index (χ1n) is 6.82.